The average molecular weight is 321 g/mol. The second-order valence-electron chi connectivity index (χ2n) is 5.37. The predicted octanol–water partition coefficient (Wildman–Crippen LogP) is 2.39. The van der Waals surface area contributed by atoms with Crippen LogP contribution in [0, 0.1) is 0 Å². The third-order valence-corrected chi connectivity index (χ3v) is 3.98. The van der Waals surface area contributed by atoms with E-state index in [0.29, 0.717) is 12.1 Å². The Bertz CT molecular complexity index is 499. The fourth-order valence-corrected chi connectivity index (χ4v) is 2.32. The van der Waals surface area contributed by atoms with E-state index in [2.05, 4.69) is 18.7 Å². The van der Waals surface area contributed by atoms with Gasteiger partial charge in [0.1, 0.15) is 6.61 Å². The average Bonchev–Trinajstić information content (AvgIpc) is 2.58. The Morgan fingerprint density at radius 3 is 2.09 bits per heavy atom. The van der Waals surface area contributed by atoms with Crippen LogP contribution >= 0.6 is 0 Å². The monoisotopic (exact) mass is 321 g/mol. The first-order chi connectivity index (χ1) is 11.0. The number of benzene rings is 1. The van der Waals surface area contributed by atoms with E-state index in [-0.39, 0.29) is 13.2 Å². The van der Waals surface area contributed by atoms with Gasteiger partial charge in [-0.05, 0) is 32.5 Å². The summed E-state index contributed by atoms with van der Waals surface area (Å²) in [5.41, 5.74) is -0.869. The van der Waals surface area contributed by atoms with Crippen molar-refractivity contribution >= 4 is 11.9 Å². The van der Waals surface area contributed by atoms with Crippen LogP contribution in [0.2, 0.25) is 0 Å². The van der Waals surface area contributed by atoms with Gasteiger partial charge in [-0.2, -0.15) is 0 Å². The van der Waals surface area contributed by atoms with E-state index in [0.717, 1.165) is 13.1 Å². The third kappa shape index (κ3) is 4.79. The van der Waals surface area contributed by atoms with Crippen molar-refractivity contribution in [2.75, 3.05) is 32.8 Å². The maximum atomic E-state index is 12.6. The zero-order valence-corrected chi connectivity index (χ0v) is 14.5. The van der Waals surface area contributed by atoms with Gasteiger partial charge in [-0.25, -0.2) is 0 Å². The van der Waals surface area contributed by atoms with Crippen LogP contribution in [0.4, 0.5) is 0 Å². The number of nitrogens with zero attached hydrogens (tertiary/aromatic N) is 1. The minimum Gasteiger partial charge on any atom is -0.465 e. The lowest BCUT2D eigenvalue weighted by molar-refractivity contribution is -0.164. The molecule has 0 bridgehead atoms. The highest BCUT2D eigenvalue weighted by Crippen LogP contribution is 2.27. The van der Waals surface area contributed by atoms with Crippen LogP contribution in [0.3, 0.4) is 0 Å². The first-order valence-electron chi connectivity index (χ1n) is 8.12. The molecule has 0 aromatic heterocycles. The highest BCUT2D eigenvalue weighted by atomic mass is 16.6. The molecule has 0 heterocycles. The van der Waals surface area contributed by atoms with Gasteiger partial charge in [-0.15, -0.1) is 0 Å². The van der Waals surface area contributed by atoms with Gasteiger partial charge < -0.3 is 14.4 Å². The molecule has 0 saturated carbocycles. The Balaban J connectivity index is 2.88. The van der Waals surface area contributed by atoms with Gasteiger partial charge in [-0.1, -0.05) is 44.2 Å². The second kappa shape index (κ2) is 9.30. The van der Waals surface area contributed by atoms with E-state index >= 15 is 0 Å². The third-order valence-electron chi connectivity index (χ3n) is 3.98. The SMILES string of the molecule is CCOC(=O)C(C)(C(=O)OCCN(CC)CC)c1ccccc1. The summed E-state index contributed by atoms with van der Waals surface area (Å²) in [4.78, 5) is 27.1. The van der Waals surface area contributed by atoms with E-state index in [4.69, 9.17) is 9.47 Å². The lowest BCUT2D eigenvalue weighted by atomic mass is 9.82. The van der Waals surface area contributed by atoms with E-state index in [1.54, 1.807) is 38.1 Å². The Morgan fingerprint density at radius 1 is 1.00 bits per heavy atom. The lowest BCUT2D eigenvalue weighted by Gasteiger charge is -2.26. The molecule has 0 saturated heterocycles. The molecule has 0 aliphatic rings. The Morgan fingerprint density at radius 2 is 1.57 bits per heavy atom. The van der Waals surface area contributed by atoms with Gasteiger partial charge in [0.15, 0.2) is 5.41 Å². The number of carbonyl (C=O) groups is 2. The summed E-state index contributed by atoms with van der Waals surface area (Å²) < 4.78 is 10.5. The number of ether oxygens (including phenoxy) is 2. The maximum absolute atomic E-state index is 12.6. The molecule has 5 heteroatoms. The number of hydrogen-bond donors (Lipinski definition) is 0. The van der Waals surface area contributed by atoms with Crippen LogP contribution in [0.5, 0.6) is 0 Å². The minimum absolute atomic E-state index is 0.216. The molecule has 1 aromatic rings. The summed E-state index contributed by atoms with van der Waals surface area (Å²) in [6, 6.07) is 8.89. The van der Waals surface area contributed by atoms with Crippen LogP contribution in [0.25, 0.3) is 0 Å². The van der Waals surface area contributed by atoms with Crippen LogP contribution in [-0.2, 0) is 24.5 Å². The summed E-state index contributed by atoms with van der Waals surface area (Å²) in [6.07, 6.45) is 0. The minimum atomic E-state index is -1.44. The van der Waals surface area contributed by atoms with Crippen molar-refractivity contribution in [3.8, 4) is 0 Å². The summed E-state index contributed by atoms with van der Waals surface area (Å²) in [6.45, 7) is 10.3. The molecule has 0 fully saturated rings. The number of rotatable bonds is 9. The zero-order chi connectivity index (χ0) is 17.3. The summed E-state index contributed by atoms with van der Waals surface area (Å²) in [5.74, 6) is -1.16. The highest BCUT2D eigenvalue weighted by molar-refractivity contribution is 6.05. The van der Waals surface area contributed by atoms with Gasteiger partial charge in [-0.3, -0.25) is 9.59 Å². The topological polar surface area (TPSA) is 55.8 Å². The predicted molar refractivity (Wildman–Crippen MR) is 89.2 cm³/mol. The van der Waals surface area contributed by atoms with Crippen LogP contribution in [-0.4, -0.2) is 49.7 Å². The van der Waals surface area contributed by atoms with Gasteiger partial charge in [0.2, 0.25) is 0 Å². The molecule has 1 unspecified atom stereocenters. The van der Waals surface area contributed by atoms with Crippen molar-refractivity contribution in [1.29, 1.82) is 0 Å². The molecule has 128 valence electrons. The number of carbonyl (C=O) groups excluding carboxylic acids is 2. The Hall–Kier alpha value is -1.88. The molecule has 0 amide bonds. The standard InChI is InChI=1S/C18H27NO4/c1-5-19(6-2)13-14-23-17(21)18(4,16(20)22-7-3)15-11-9-8-10-12-15/h8-12H,5-7,13-14H2,1-4H3. The van der Waals surface area contributed by atoms with E-state index in [1.165, 1.54) is 0 Å². The first kappa shape index (κ1) is 19.2. The van der Waals surface area contributed by atoms with Crippen molar-refractivity contribution < 1.29 is 19.1 Å². The molecule has 1 aromatic carbocycles. The van der Waals surface area contributed by atoms with E-state index in [9.17, 15) is 9.59 Å². The molecule has 0 aliphatic heterocycles. The summed E-state index contributed by atoms with van der Waals surface area (Å²) in [7, 11) is 0. The van der Waals surface area contributed by atoms with Gasteiger partial charge in [0.05, 0.1) is 6.61 Å². The van der Waals surface area contributed by atoms with Crippen LogP contribution in [0.15, 0.2) is 30.3 Å². The van der Waals surface area contributed by atoms with Gasteiger partial charge in [0, 0.05) is 6.54 Å². The molecule has 0 N–H and O–H groups in total. The highest BCUT2D eigenvalue weighted by Gasteiger charge is 2.46. The van der Waals surface area contributed by atoms with Gasteiger partial charge >= 0.3 is 11.9 Å². The van der Waals surface area contributed by atoms with Crippen molar-refractivity contribution in [1.82, 2.24) is 4.90 Å². The molecule has 1 atom stereocenters. The number of hydrogen-bond acceptors (Lipinski definition) is 5. The molecule has 23 heavy (non-hydrogen) atoms. The van der Waals surface area contributed by atoms with E-state index in [1.807, 2.05) is 6.07 Å². The zero-order valence-electron chi connectivity index (χ0n) is 14.5. The van der Waals surface area contributed by atoms with Crippen molar-refractivity contribution in [3.63, 3.8) is 0 Å². The summed E-state index contributed by atoms with van der Waals surface area (Å²) in [5, 5.41) is 0. The molecule has 1 rings (SSSR count). The van der Waals surface area contributed by atoms with Crippen LogP contribution in [0.1, 0.15) is 33.3 Å². The quantitative estimate of drug-likeness (QED) is 0.516. The number of likely N-dealkylation sites (N-methyl/N-ethyl adjacent to an activating group) is 1. The fourth-order valence-electron chi connectivity index (χ4n) is 2.32. The second-order valence-corrected chi connectivity index (χ2v) is 5.37. The fraction of sp³-hybridized carbons (Fsp3) is 0.556. The van der Waals surface area contributed by atoms with Crippen LogP contribution < -0.4 is 0 Å². The Kier molecular flexibility index (Phi) is 7.75. The molecular formula is C18H27NO4. The van der Waals surface area contributed by atoms with E-state index < -0.39 is 17.4 Å². The number of esters is 2. The van der Waals surface area contributed by atoms with Crippen molar-refractivity contribution in [3.05, 3.63) is 35.9 Å². The molecule has 0 aliphatic carbocycles. The first-order valence-corrected chi connectivity index (χ1v) is 8.12. The Labute approximate surface area is 138 Å². The molecule has 5 nitrogen and oxygen atoms in total. The smallest absolute Gasteiger partial charge is 0.327 e. The van der Waals surface area contributed by atoms with Crippen molar-refractivity contribution in [2.24, 2.45) is 0 Å². The molecule has 0 spiro atoms. The molecule has 0 radical (unpaired) electrons. The summed E-state index contributed by atoms with van der Waals surface area (Å²) >= 11 is 0. The van der Waals surface area contributed by atoms with Crippen molar-refractivity contribution in [2.45, 2.75) is 33.1 Å². The maximum Gasteiger partial charge on any atom is 0.327 e. The molecular weight excluding hydrogens is 294 g/mol. The van der Waals surface area contributed by atoms with Gasteiger partial charge in [0.25, 0.3) is 0 Å². The normalized spacial score (nSPS) is 13.4. The largest absolute Gasteiger partial charge is 0.465 e. The lowest BCUT2D eigenvalue weighted by Crippen LogP contribution is -2.44.